The van der Waals surface area contributed by atoms with Crippen LogP contribution in [0, 0.1) is 0 Å². The lowest BCUT2D eigenvalue weighted by Crippen LogP contribution is -2.12. The van der Waals surface area contributed by atoms with Gasteiger partial charge in [-0.2, -0.15) is 4.99 Å². The lowest BCUT2D eigenvalue weighted by molar-refractivity contribution is 0.184. The van der Waals surface area contributed by atoms with Crippen LogP contribution in [0.5, 0.6) is 5.75 Å². The second-order valence-corrected chi connectivity index (χ2v) is 3.71. The van der Waals surface area contributed by atoms with E-state index in [1.165, 1.54) is 24.5 Å². The first kappa shape index (κ1) is 12.7. The van der Waals surface area contributed by atoms with E-state index < -0.39 is 6.03 Å². The van der Waals surface area contributed by atoms with Gasteiger partial charge in [0.2, 0.25) is 0 Å². The molecule has 98 valence electrons. The molecule has 1 aromatic carbocycles. The molecule has 0 aliphatic rings. The Morgan fingerprint density at radius 2 is 1.84 bits per heavy atom. The van der Waals surface area contributed by atoms with Gasteiger partial charge in [0.25, 0.3) is 0 Å². The fraction of sp³-hybridized carbons (Fsp3) is 0.0769. The van der Waals surface area contributed by atoms with Gasteiger partial charge >= 0.3 is 6.03 Å². The summed E-state index contributed by atoms with van der Waals surface area (Å²) in [5, 5.41) is 12.1. The summed E-state index contributed by atoms with van der Waals surface area (Å²) in [4.78, 5) is 15.5. The molecule has 0 radical (unpaired) electrons. The number of hydrogen-bond donors (Lipinski definition) is 2. The summed E-state index contributed by atoms with van der Waals surface area (Å²) in [5.74, 6) is 0.713. The van der Waals surface area contributed by atoms with Crippen LogP contribution in [0.15, 0.2) is 53.8 Å². The smallest absolute Gasteiger partial charge is 0.345 e. The number of aromatic nitrogens is 1. The van der Waals surface area contributed by atoms with E-state index in [2.05, 4.69) is 10.3 Å². The highest BCUT2D eigenvalue weighted by Crippen LogP contribution is 2.14. The first-order valence-electron chi connectivity index (χ1n) is 5.55. The topological polar surface area (TPSA) is 75.8 Å². The van der Waals surface area contributed by atoms with Gasteiger partial charge in [0.15, 0.2) is 0 Å². The number of anilines is 1. The van der Waals surface area contributed by atoms with E-state index in [0.29, 0.717) is 16.8 Å². The molecule has 1 heterocycles. The van der Waals surface area contributed by atoms with Crippen molar-refractivity contribution >= 4 is 11.7 Å². The molecule has 2 amide bonds. The van der Waals surface area contributed by atoms with Crippen molar-refractivity contribution in [2.24, 2.45) is 4.99 Å². The number of benzene rings is 1. The van der Waals surface area contributed by atoms with Crippen molar-refractivity contribution in [1.82, 2.24) is 4.73 Å². The maximum atomic E-state index is 11.6. The zero-order chi connectivity index (χ0) is 13.7. The van der Waals surface area contributed by atoms with Crippen LogP contribution in [-0.4, -0.2) is 23.1 Å². The Bertz CT molecular complexity index is 612. The minimum Gasteiger partial charge on any atom is -0.497 e. The van der Waals surface area contributed by atoms with Crippen LogP contribution in [0.2, 0.25) is 0 Å². The van der Waals surface area contributed by atoms with Crippen molar-refractivity contribution in [3.8, 4) is 5.75 Å². The van der Waals surface area contributed by atoms with Gasteiger partial charge in [0.05, 0.1) is 12.5 Å². The van der Waals surface area contributed by atoms with Gasteiger partial charge in [-0.3, -0.25) is 0 Å². The maximum absolute atomic E-state index is 11.6. The molecule has 0 bridgehead atoms. The molecule has 0 unspecified atom stereocenters. The first-order valence-corrected chi connectivity index (χ1v) is 5.55. The number of carbonyl (C=O) groups is 1. The number of rotatable bonds is 2. The first-order chi connectivity index (χ1) is 9.17. The van der Waals surface area contributed by atoms with E-state index in [9.17, 15) is 4.79 Å². The normalized spacial score (nSPS) is 9.74. The van der Waals surface area contributed by atoms with Crippen LogP contribution in [-0.2, 0) is 0 Å². The molecule has 0 aliphatic heterocycles. The highest BCUT2D eigenvalue weighted by Gasteiger charge is 1.99. The number of nitrogens with zero attached hydrogens (tertiary/aromatic N) is 2. The van der Waals surface area contributed by atoms with Crippen LogP contribution in [0.4, 0.5) is 10.5 Å². The fourth-order valence-electron chi connectivity index (χ4n) is 1.43. The molecule has 6 heteroatoms. The van der Waals surface area contributed by atoms with Crippen molar-refractivity contribution in [3.05, 3.63) is 54.1 Å². The predicted octanol–water partition coefficient (Wildman–Crippen LogP) is 1.87. The molecular weight excluding hydrogens is 246 g/mol. The molecule has 6 nitrogen and oxygen atoms in total. The van der Waals surface area contributed by atoms with Crippen LogP contribution < -0.4 is 15.4 Å². The SMILES string of the molecule is COc1ccc(NC(=O)N=c2ccn(O)cc2)cc1. The average molecular weight is 259 g/mol. The second kappa shape index (κ2) is 5.72. The minimum atomic E-state index is -0.485. The molecule has 0 fully saturated rings. The molecule has 0 atom stereocenters. The number of urea groups is 1. The van der Waals surface area contributed by atoms with Crippen molar-refractivity contribution in [3.63, 3.8) is 0 Å². The lowest BCUT2D eigenvalue weighted by Gasteiger charge is -2.03. The Morgan fingerprint density at radius 1 is 1.21 bits per heavy atom. The Hall–Kier alpha value is -2.76. The molecule has 1 aromatic heterocycles. The van der Waals surface area contributed by atoms with E-state index in [1.54, 1.807) is 31.4 Å². The van der Waals surface area contributed by atoms with Gasteiger partial charge in [-0.15, -0.1) is 0 Å². The predicted molar refractivity (Wildman–Crippen MR) is 69.2 cm³/mol. The summed E-state index contributed by atoms with van der Waals surface area (Å²) in [6.45, 7) is 0. The van der Waals surface area contributed by atoms with E-state index in [1.807, 2.05) is 0 Å². The number of carbonyl (C=O) groups excluding carboxylic acids is 1. The number of methoxy groups -OCH3 is 1. The zero-order valence-electron chi connectivity index (χ0n) is 10.3. The van der Waals surface area contributed by atoms with Crippen LogP contribution in [0.25, 0.3) is 0 Å². The third kappa shape index (κ3) is 3.60. The molecular formula is C13H13N3O3. The van der Waals surface area contributed by atoms with Crippen LogP contribution >= 0.6 is 0 Å². The molecule has 0 spiro atoms. The summed E-state index contributed by atoms with van der Waals surface area (Å²) >= 11 is 0. The van der Waals surface area contributed by atoms with Crippen LogP contribution in [0.1, 0.15) is 0 Å². The van der Waals surface area contributed by atoms with E-state index in [-0.39, 0.29) is 0 Å². The lowest BCUT2D eigenvalue weighted by atomic mass is 10.3. The minimum absolute atomic E-state index is 0.455. The molecule has 0 aliphatic carbocycles. The quantitative estimate of drug-likeness (QED) is 0.808. The standard InChI is InChI=1S/C13H13N3O3/c1-19-12-4-2-10(3-5-12)14-13(17)15-11-6-8-16(18)9-7-11/h2-9,18H,1H3,(H,14,17). The van der Waals surface area contributed by atoms with E-state index in [0.717, 1.165) is 4.73 Å². The van der Waals surface area contributed by atoms with Gasteiger partial charge in [-0.25, -0.2) is 9.52 Å². The van der Waals surface area contributed by atoms with Crippen molar-refractivity contribution < 1.29 is 14.7 Å². The third-order valence-electron chi connectivity index (χ3n) is 2.37. The average Bonchev–Trinajstić information content (AvgIpc) is 2.42. The maximum Gasteiger partial charge on any atom is 0.345 e. The van der Waals surface area contributed by atoms with Crippen molar-refractivity contribution in [2.75, 3.05) is 12.4 Å². The van der Waals surface area contributed by atoms with Crippen molar-refractivity contribution in [2.45, 2.75) is 0 Å². The summed E-state index contributed by atoms with van der Waals surface area (Å²) in [6, 6.07) is 9.49. The Morgan fingerprint density at radius 3 is 2.42 bits per heavy atom. The fourth-order valence-corrected chi connectivity index (χ4v) is 1.43. The molecule has 19 heavy (non-hydrogen) atoms. The number of pyridine rings is 1. The molecule has 0 saturated carbocycles. The number of ether oxygens (including phenoxy) is 1. The Kier molecular flexibility index (Phi) is 3.82. The Balaban J connectivity index is 2.08. The summed E-state index contributed by atoms with van der Waals surface area (Å²) < 4.78 is 5.89. The number of hydrogen-bond acceptors (Lipinski definition) is 3. The second-order valence-electron chi connectivity index (χ2n) is 3.71. The summed E-state index contributed by atoms with van der Waals surface area (Å²) in [5.41, 5.74) is 0.628. The largest absolute Gasteiger partial charge is 0.497 e. The van der Waals surface area contributed by atoms with E-state index in [4.69, 9.17) is 9.94 Å². The summed E-state index contributed by atoms with van der Waals surface area (Å²) in [6.07, 6.45) is 2.78. The molecule has 2 aromatic rings. The van der Waals surface area contributed by atoms with Gasteiger partial charge in [-0.05, 0) is 36.4 Å². The van der Waals surface area contributed by atoms with Gasteiger partial charge in [-0.1, -0.05) is 0 Å². The third-order valence-corrected chi connectivity index (χ3v) is 2.37. The molecule has 0 saturated heterocycles. The molecule has 2 rings (SSSR count). The Labute approximate surface area is 109 Å². The van der Waals surface area contributed by atoms with Gasteiger partial charge < -0.3 is 15.3 Å². The van der Waals surface area contributed by atoms with E-state index >= 15 is 0 Å². The number of amides is 2. The summed E-state index contributed by atoms with van der Waals surface area (Å²) in [7, 11) is 1.58. The van der Waals surface area contributed by atoms with Crippen LogP contribution in [0.3, 0.4) is 0 Å². The van der Waals surface area contributed by atoms with Crippen molar-refractivity contribution in [1.29, 1.82) is 0 Å². The number of nitrogens with one attached hydrogen (secondary N) is 1. The zero-order valence-corrected chi connectivity index (χ0v) is 10.3. The van der Waals surface area contributed by atoms with Gasteiger partial charge in [0, 0.05) is 18.1 Å². The highest BCUT2D eigenvalue weighted by atomic mass is 16.5. The highest BCUT2D eigenvalue weighted by molar-refractivity contribution is 5.89. The molecule has 2 N–H and O–H groups in total. The van der Waals surface area contributed by atoms with Gasteiger partial charge in [0.1, 0.15) is 5.75 Å². The monoisotopic (exact) mass is 259 g/mol.